The monoisotopic (exact) mass is 327 g/mol. The minimum atomic E-state index is -0.999. The van der Waals surface area contributed by atoms with Crippen LogP contribution in [0.25, 0.3) is 10.1 Å². The van der Waals surface area contributed by atoms with Gasteiger partial charge in [0.15, 0.2) is 5.78 Å². The van der Waals surface area contributed by atoms with Crippen LogP contribution in [0.3, 0.4) is 0 Å². The van der Waals surface area contributed by atoms with Gasteiger partial charge in [0.05, 0.1) is 5.57 Å². The van der Waals surface area contributed by atoms with Gasteiger partial charge < -0.3 is 10.4 Å². The van der Waals surface area contributed by atoms with Crippen molar-refractivity contribution < 1.29 is 14.7 Å². The van der Waals surface area contributed by atoms with Gasteiger partial charge in [-0.15, -0.1) is 11.3 Å². The molecule has 4 nitrogen and oxygen atoms in total. The Morgan fingerprint density at radius 1 is 1.13 bits per heavy atom. The van der Waals surface area contributed by atoms with Crippen LogP contribution in [-0.4, -0.2) is 16.9 Å². The van der Waals surface area contributed by atoms with Crippen LogP contribution in [-0.2, 0) is 9.59 Å². The lowest BCUT2D eigenvalue weighted by Crippen LogP contribution is -2.30. The van der Waals surface area contributed by atoms with E-state index in [0.29, 0.717) is 11.3 Å². The first-order valence-corrected chi connectivity index (χ1v) is 8.18. The molecule has 0 spiro atoms. The standard InChI is InChI=1S/C18H17NO3S/c1-9-15(11(3)20)17(16(18(21)22)10(2)19-9)13-8-23-14-7-5-4-6-12(13)14/h4-8,17,19H,1-3H3,(H,21,22). The molecule has 2 heterocycles. The summed E-state index contributed by atoms with van der Waals surface area (Å²) in [5, 5.41) is 15.7. The van der Waals surface area contributed by atoms with E-state index in [9.17, 15) is 14.7 Å². The van der Waals surface area contributed by atoms with Gasteiger partial charge in [0.2, 0.25) is 0 Å². The van der Waals surface area contributed by atoms with Crippen molar-refractivity contribution in [3.63, 3.8) is 0 Å². The molecule has 23 heavy (non-hydrogen) atoms. The van der Waals surface area contributed by atoms with Gasteiger partial charge in [0, 0.05) is 27.6 Å². The normalized spacial score (nSPS) is 18.3. The maximum atomic E-state index is 12.2. The lowest BCUT2D eigenvalue weighted by Gasteiger charge is -2.29. The number of hydrogen-bond donors (Lipinski definition) is 2. The predicted octanol–water partition coefficient (Wildman–Crippen LogP) is 3.81. The Bertz CT molecular complexity index is 853. The summed E-state index contributed by atoms with van der Waals surface area (Å²) in [4.78, 5) is 24.1. The fraction of sp³-hybridized carbons (Fsp3) is 0.222. The highest BCUT2D eigenvalue weighted by atomic mass is 32.1. The summed E-state index contributed by atoms with van der Waals surface area (Å²) in [5.74, 6) is -1.65. The number of carboxylic acids is 1. The number of benzene rings is 1. The highest BCUT2D eigenvalue weighted by Crippen LogP contribution is 2.43. The summed E-state index contributed by atoms with van der Waals surface area (Å²) in [5.41, 5.74) is 2.95. The molecular weight excluding hydrogens is 310 g/mol. The molecule has 2 N–H and O–H groups in total. The van der Waals surface area contributed by atoms with Crippen molar-refractivity contribution in [3.05, 3.63) is 57.7 Å². The zero-order valence-electron chi connectivity index (χ0n) is 13.1. The molecular formula is C18H17NO3S. The van der Waals surface area contributed by atoms with Crippen molar-refractivity contribution in [2.75, 3.05) is 0 Å². The Balaban J connectivity index is 2.31. The Kier molecular flexibility index (Phi) is 3.82. The second-order valence-electron chi connectivity index (χ2n) is 5.68. The number of ketones is 1. The van der Waals surface area contributed by atoms with E-state index in [0.717, 1.165) is 21.3 Å². The Hall–Kier alpha value is -2.40. The predicted molar refractivity (Wildman–Crippen MR) is 91.4 cm³/mol. The number of carbonyl (C=O) groups is 2. The fourth-order valence-corrected chi connectivity index (χ4v) is 4.26. The summed E-state index contributed by atoms with van der Waals surface area (Å²) in [6.07, 6.45) is 0. The van der Waals surface area contributed by atoms with Crippen LogP contribution >= 0.6 is 11.3 Å². The summed E-state index contributed by atoms with van der Waals surface area (Å²) in [6, 6.07) is 7.87. The van der Waals surface area contributed by atoms with Crippen LogP contribution in [0.15, 0.2) is 52.2 Å². The Morgan fingerprint density at radius 3 is 2.43 bits per heavy atom. The molecule has 0 saturated carbocycles. The number of aliphatic carboxylic acids is 1. The van der Waals surface area contributed by atoms with Crippen molar-refractivity contribution in [2.45, 2.75) is 26.7 Å². The van der Waals surface area contributed by atoms with Crippen molar-refractivity contribution in [3.8, 4) is 0 Å². The SMILES string of the molecule is CC(=O)C1=C(C)NC(C)=C(C(=O)O)C1c1csc2ccccc12. The zero-order valence-corrected chi connectivity index (χ0v) is 14.0. The topological polar surface area (TPSA) is 66.4 Å². The molecule has 1 aliphatic rings. The van der Waals surface area contributed by atoms with Crippen LogP contribution in [0.1, 0.15) is 32.3 Å². The lowest BCUT2D eigenvalue weighted by atomic mass is 9.79. The third-order valence-corrected chi connectivity index (χ3v) is 5.17. The first kappa shape index (κ1) is 15.5. The molecule has 0 aliphatic carbocycles. The number of dihydropyridines is 1. The molecule has 1 atom stereocenters. The molecule has 1 aromatic heterocycles. The highest BCUT2D eigenvalue weighted by molar-refractivity contribution is 7.17. The maximum absolute atomic E-state index is 12.2. The van der Waals surface area contributed by atoms with Gasteiger partial charge >= 0.3 is 5.97 Å². The molecule has 0 bridgehead atoms. The summed E-state index contributed by atoms with van der Waals surface area (Å²) >= 11 is 1.57. The molecule has 0 radical (unpaired) electrons. The van der Waals surface area contributed by atoms with Crippen LogP contribution < -0.4 is 5.32 Å². The highest BCUT2D eigenvalue weighted by Gasteiger charge is 2.36. The molecule has 2 aromatic rings. The first-order valence-electron chi connectivity index (χ1n) is 7.30. The fourth-order valence-electron chi connectivity index (χ4n) is 3.28. The van der Waals surface area contributed by atoms with E-state index in [2.05, 4.69) is 5.32 Å². The van der Waals surface area contributed by atoms with Crippen molar-refractivity contribution in [1.82, 2.24) is 5.32 Å². The molecule has 3 rings (SSSR count). The number of allylic oxidation sites excluding steroid dienone is 3. The summed E-state index contributed by atoms with van der Waals surface area (Å²) in [7, 11) is 0. The molecule has 1 aliphatic heterocycles. The maximum Gasteiger partial charge on any atom is 0.334 e. The average Bonchev–Trinajstić information content (AvgIpc) is 2.89. The van der Waals surface area contributed by atoms with E-state index in [-0.39, 0.29) is 11.4 Å². The minimum absolute atomic E-state index is 0.110. The third-order valence-electron chi connectivity index (χ3n) is 4.19. The largest absolute Gasteiger partial charge is 0.478 e. The van der Waals surface area contributed by atoms with E-state index < -0.39 is 11.9 Å². The molecule has 118 valence electrons. The van der Waals surface area contributed by atoms with Gasteiger partial charge in [-0.2, -0.15) is 0 Å². The van der Waals surface area contributed by atoms with Crippen molar-refractivity contribution in [2.24, 2.45) is 0 Å². The molecule has 0 amide bonds. The number of rotatable bonds is 3. The summed E-state index contributed by atoms with van der Waals surface area (Å²) < 4.78 is 1.09. The molecule has 0 fully saturated rings. The number of fused-ring (bicyclic) bond motifs is 1. The minimum Gasteiger partial charge on any atom is -0.478 e. The quantitative estimate of drug-likeness (QED) is 0.899. The number of thiophene rings is 1. The van der Waals surface area contributed by atoms with Crippen LogP contribution in [0.5, 0.6) is 0 Å². The van der Waals surface area contributed by atoms with Crippen LogP contribution in [0.2, 0.25) is 0 Å². The number of nitrogens with one attached hydrogen (secondary N) is 1. The number of carboxylic acid groups (broad SMARTS) is 1. The zero-order chi connectivity index (χ0) is 16.7. The van der Waals surface area contributed by atoms with Gasteiger partial charge in [0.25, 0.3) is 0 Å². The second-order valence-corrected chi connectivity index (χ2v) is 6.60. The summed E-state index contributed by atoms with van der Waals surface area (Å²) in [6.45, 7) is 5.05. The second kappa shape index (κ2) is 5.66. The van der Waals surface area contributed by atoms with Crippen LogP contribution in [0, 0.1) is 0 Å². The van der Waals surface area contributed by atoms with Crippen LogP contribution in [0.4, 0.5) is 0 Å². The third kappa shape index (κ3) is 2.47. The van der Waals surface area contributed by atoms with E-state index in [4.69, 9.17) is 0 Å². The van der Waals surface area contributed by atoms with E-state index in [1.54, 1.807) is 18.3 Å². The number of carbonyl (C=O) groups excluding carboxylic acids is 1. The lowest BCUT2D eigenvalue weighted by molar-refractivity contribution is -0.133. The number of hydrogen-bond acceptors (Lipinski definition) is 4. The van der Waals surface area contributed by atoms with Crippen molar-refractivity contribution in [1.29, 1.82) is 0 Å². The van der Waals surface area contributed by atoms with E-state index in [1.807, 2.05) is 36.6 Å². The Labute approximate surface area is 138 Å². The van der Waals surface area contributed by atoms with Gasteiger partial charge in [-0.05, 0) is 43.2 Å². The van der Waals surface area contributed by atoms with E-state index >= 15 is 0 Å². The molecule has 1 aromatic carbocycles. The first-order chi connectivity index (χ1) is 10.9. The van der Waals surface area contributed by atoms with E-state index in [1.165, 1.54) is 6.92 Å². The van der Waals surface area contributed by atoms with Crippen molar-refractivity contribution >= 4 is 33.2 Å². The van der Waals surface area contributed by atoms with Gasteiger partial charge in [-0.25, -0.2) is 4.79 Å². The molecule has 1 unspecified atom stereocenters. The Morgan fingerprint density at radius 2 is 1.78 bits per heavy atom. The number of Topliss-reactive ketones (excluding diaryl/α,β-unsaturated/α-hetero) is 1. The van der Waals surface area contributed by atoms with Gasteiger partial charge in [0.1, 0.15) is 0 Å². The average molecular weight is 327 g/mol. The smallest absolute Gasteiger partial charge is 0.334 e. The van der Waals surface area contributed by atoms with Gasteiger partial charge in [-0.1, -0.05) is 18.2 Å². The molecule has 5 heteroatoms. The molecule has 0 saturated heterocycles. The van der Waals surface area contributed by atoms with Gasteiger partial charge in [-0.3, -0.25) is 4.79 Å².